The lowest BCUT2D eigenvalue weighted by molar-refractivity contribution is -0.136. The number of aromatic nitrogens is 1. The van der Waals surface area contributed by atoms with Gasteiger partial charge in [-0.1, -0.05) is 19.8 Å². The van der Waals surface area contributed by atoms with Gasteiger partial charge in [0.05, 0.1) is 0 Å². The largest absolute Gasteiger partial charge is 0.325 e. The van der Waals surface area contributed by atoms with Gasteiger partial charge in [-0.05, 0) is 43.0 Å². The molecule has 2 unspecified atom stereocenters. The van der Waals surface area contributed by atoms with Crippen LogP contribution in [0, 0.1) is 5.92 Å². The highest BCUT2D eigenvalue weighted by Gasteiger charge is 2.55. The number of carbonyl (C=O) groups excluding carboxylic acids is 4. The first-order valence-electron chi connectivity index (χ1n) is 10.1. The number of imide groups is 1. The normalized spacial score (nSPS) is 23.0. The molecule has 2 fully saturated rings. The smallest absolute Gasteiger partial charge is 0.325 e. The summed E-state index contributed by atoms with van der Waals surface area (Å²) in [5, 5.41) is 10.4. The number of hydrogen-bond donors (Lipinski definition) is 3. The fourth-order valence-corrected chi connectivity index (χ4v) is 4.67. The fraction of sp³-hybridized carbons (Fsp3) is 0.381. The van der Waals surface area contributed by atoms with Crippen LogP contribution in [0.15, 0.2) is 35.8 Å². The number of amides is 5. The third kappa shape index (κ3) is 4.15. The number of benzene rings is 1. The average Bonchev–Trinajstić information content (AvgIpc) is 3.34. The van der Waals surface area contributed by atoms with E-state index in [0.717, 1.165) is 24.2 Å². The summed E-state index contributed by atoms with van der Waals surface area (Å²) in [6.45, 7) is 1.61. The van der Waals surface area contributed by atoms with Gasteiger partial charge in [-0.2, -0.15) is 0 Å². The number of hydrogen-bond acceptors (Lipinski definition) is 6. The predicted octanol–water partition coefficient (Wildman–Crippen LogP) is 2.83. The van der Waals surface area contributed by atoms with E-state index in [1.165, 1.54) is 11.3 Å². The Hall–Kier alpha value is -3.27. The average molecular weight is 442 g/mol. The van der Waals surface area contributed by atoms with Gasteiger partial charge in [0.15, 0.2) is 5.13 Å². The summed E-state index contributed by atoms with van der Waals surface area (Å²) < 4.78 is 0. The van der Waals surface area contributed by atoms with E-state index in [9.17, 15) is 19.2 Å². The molecule has 2 aromatic rings. The molecule has 1 saturated carbocycles. The Balaban J connectivity index is 1.36. The van der Waals surface area contributed by atoms with Crippen LogP contribution < -0.4 is 16.0 Å². The summed E-state index contributed by atoms with van der Waals surface area (Å²) in [6, 6.07) is 5.80. The van der Waals surface area contributed by atoms with Gasteiger partial charge in [-0.3, -0.25) is 24.6 Å². The molecule has 1 aliphatic heterocycles. The number of urea groups is 1. The van der Waals surface area contributed by atoms with Gasteiger partial charge in [0.1, 0.15) is 12.1 Å². The van der Waals surface area contributed by atoms with E-state index in [4.69, 9.17) is 0 Å². The molecule has 1 saturated heterocycles. The lowest BCUT2D eigenvalue weighted by atomic mass is 9.73. The lowest BCUT2D eigenvalue weighted by Crippen LogP contribution is -2.54. The first-order chi connectivity index (χ1) is 14.9. The molecular weight excluding hydrogens is 418 g/mol. The Morgan fingerprint density at radius 2 is 2.00 bits per heavy atom. The maximum Gasteiger partial charge on any atom is 0.325 e. The van der Waals surface area contributed by atoms with Crippen molar-refractivity contribution in [3.63, 3.8) is 0 Å². The van der Waals surface area contributed by atoms with Crippen LogP contribution in [-0.4, -0.2) is 45.7 Å². The van der Waals surface area contributed by atoms with Crippen molar-refractivity contribution >= 4 is 45.9 Å². The van der Waals surface area contributed by atoms with Crippen LogP contribution in [0.4, 0.5) is 15.6 Å². The van der Waals surface area contributed by atoms with Gasteiger partial charge in [-0.25, -0.2) is 9.78 Å². The van der Waals surface area contributed by atoms with Crippen molar-refractivity contribution in [1.82, 2.24) is 15.2 Å². The molecule has 1 spiro atoms. The molecule has 5 amide bonds. The van der Waals surface area contributed by atoms with E-state index in [2.05, 4.69) is 20.9 Å². The number of rotatable bonds is 5. The second-order valence-corrected chi connectivity index (χ2v) is 8.75. The van der Waals surface area contributed by atoms with Crippen LogP contribution >= 0.6 is 11.3 Å². The highest BCUT2D eigenvalue weighted by atomic mass is 32.1. The minimum absolute atomic E-state index is 0.0360. The second kappa shape index (κ2) is 8.46. The molecule has 0 bridgehead atoms. The molecule has 9 nitrogen and oxygen atoms in total. The summed E-state index contributed by atoms with van der Waals surface area (Å²) in [6.07, 6.45) is 4.97. The van der Waals surface area contributed by atoms with Crippen LogP contribution in [-0.2, 0) is 9.59 Å². The van der Waals surface area contributed by atoms with E-state index in [1.54, 1.807) is 35.8 Å². The van der Waals surface area contributed by atoms with Crippen LogP contribution in [0.3, 0.4) is 0 Å². The topological polar surface area (TPSA) is 120 Å². The number of anilines is 2. The van der Waals surface area contributed by atoms with Crippen molar-refractivity contribution in [3.8, 4) is 0 Å². The minimum Gasteiger partial charge on any atom is -0.325 e. The number of thiazole rings is 1. The molecule has 1 aromatic heterocycles. The molecule has 31 heavy (non-hydrogen) atoms. The van der Waals surface area contributed by atoms with Gasteiger partial charge in [-0.15, -0.1) is 11.3 Å². The third-order valence-corrected chi connectivity index (χ3v) is 6.58. The van der Waals surface area contributed by atoms with Crippen molar-refractivity contribution in [3.05, 3.63) is 41.4 Å². The van der Waals surface area contributed by atoms with E-state index in [-0.39, 0.29) is 24.3 Å². The summed E-state index contributed by atoms with van der Waals surface area (Å²) in [5.41, 5.74) is -0.0127. The SMILES string of the molecule is CC1CCCCC12NC(=O)N(CC(=O)Nc1ccc(C(=O)Nc3nccs3)cc1)C2=O. The Morgan fingerprint density at radius 1 is 1.23 bits per heavy atom. The molecule has 2 aliphatic rings. The standard InChI is InChI=1S/C21H23N5O4S/c1-13-4-2-3-9-21(13)18(29)26(20(30)25-21)12-16(27)23-15-7-5-14(6-8-15)17(28)24-19-22-10-11-31-19/h5-8,10-11,13H,2-4,9,12H2,1H3,(H,23,27)(H,25,30)(H,22,24,28). The van der Waals surface area contributed by atoms with E-state index >= 15 is 0 Å². The summed E-state index contributed by atoms with van der Waals surface area (Å²) in [5.74, 6) is -1.08. The zero-order chi connectivity index (χ0) is 22.0. The molecule has 3 N–H and O–H groups in total. The van der Waals surface area contributed by atoms with Crippen molar-refractivity contribution in [1.29, 1.82) is 0 Å². The van der Waals surface area contributed by atoms with E-state index in [1.807, 2.05) is 6.92 Å². The number of nitrogens with one attached hydrogen (secondary N) is 3. The third-order valence-electron chi connectivity index (χ3n) is 5.89. The summed E-state index contributed by atoms with van der Waals surface area (Å²) >= 11 is 1.32. The maximum absolute atomic E-state index is 13.0. The molecular formula is C21H23N5O4S. The highest BCUT2D eigenvalue weighted by molar-refractivity contribution is 7.13. The number of carbonyl (C=O) groups is 4. The molecule has 10 heteroatoms. The molecule has 0 radical (unpaired) electrons. The van der Waals surface area contributed by atoms with Crippen molar-refractivity contribution in [2.24, 2.45) is 5.92 Å². The Labute approximate surface area is 183 Å². The first kappa shape index (κ1) is 21.0. The minimum atomic E-state index is -0.887. The van der Waals surface area contributed by atoms with Crippen LogP contribution in [0.1, 0.15) is 43.0 Å². The second-order valence-electron chi connectivity index (χ2n) is 7.86. The Bertz CT molecular complexity index is 1010. The zero-order valence-electron chi connectivity index (χ0n) is 17.0. The van der Waals surface area contributed by atoms with Crippen LogP contribution in [0.25, 0.3) is 0 Å². The van der Waals surface area contributed by atoms with E-state index < -0.39 is 17.5 Å². The molecule has 2 atom stereocenters. The maximum atomic E-state index is 13.0. The molecule has 1 aliphatic carbocycles. The van der Waals surface area contributed by atoms with Gasteiger partial charge >= 0.3 is 6.03 Å². The van der Waals surface area contributed by atoms with Gasteiger partial charge in [0.2, 0.25) is 5.91 Å². The van der Waals surface area contributed by atoms with Crippen molar-refractivity contribution in [2.45, 2.75) is 38.1 Å². The van der Waals surface area contributed by atoms with Crippen molar-refractivity contribution < 1.29 is 19.2 Å². The van der Waals surface area contributed by atoms with Gasteiger partial charge in [0, 0.05) is 22.8 Å². The number of nitrogens with zero attached hydrogens (tertiary/aromatic N) is 2. The van der Waals surface area contributed by atoms with Gasteiger partial charge < -0.3 is 10.6 Å². The lowest BCUT2D eigenvalue weighted by Gasteiger charge is -2.36. The van der Waals surface area contributed by atoms with E-state index in [0.29, 0.717) is 22.8 Å². The summed E-state index contributed by atoms with van der Waals surface area (Å²) in [4.78, 5) is 55.0. The highest BCUT2D eigenvalue weighted by Crippen LogP contribution is 2.38. The van der Waals surface area contributed by atoms with Crippen LogP contribution in [0.5, 0.6) is 0 Å². The first-order valence-corrected chi connectivity index (χ1v) is 11.0. The van der Waals surface area contributed by atoms with Gasteiger partial charge in [0.25, 0.3) is 11.8 Å². The molecule has 162 valence electrons. The quantitative estimate of drug-likeness (QED) is 0.616. The predicted molar refractivity (Wildman–Crippen MR) is 116 cm³/mol. The van der Waals surface area contributed by atoms with Crippen LogP contribution in [0.2, 0.25) is 0 Å². The summed E-state index contributed by atoms with van der Waals surface area (Å²) in [7, 11) is 0. The Kier molecular flexibility index (Phi) is 5.73. The molecule has 4 rings (SSSR count). The zero-order valence-corrected chi connectivity index (χ0v) is 17.8. The monoisotopic (exact) mass is 441 g/mol. The molecule has 1 aromatic carbocycles. The Morgan fingerprint density at radius 3 is 2.68 bits per heavy atom. The molecule has 2 heterocycles. The fourth-order valence-electron chi connectivity index (χ4n) is 4.14. The van der Waals surface area contributed by atoms with Crippen molar-refractivity contribution in [2.75, 3.05) is 17.2 Å².